The van der Waals surface area contributed by atoms with Crippen LogP contribution in [0.25, 0.3) is 0 Å². The molecule has 0 spiro atoms. The van der Waals surface area contributed by atoms with Crippen molar-refractivity contribution in [2.24, 2.45) is 0 Å². The van der Waals surface area contributed by atoms with Crippen molar-refractivity contribution >= 4 is 28.3 Å². The van der Waals surface area contributed by atoms with Crippen LogP contribution in [0.15, 0.2) is 48.5 Å². The van der Waals surface area contributed by atoms with Crippen LogP contribution in [0, 0.1) is 0 Å². The van der Waals surface area contributed by atoms with Gasteiger partial charge in [-0.1, -0.05) is 52.9 Å². The quantitative estimate of drug-likeness (QED) is 0.641. The maximum atomic E-state index is 5.88. The third-order valence-electron chi connectivity index (χ3n) is 2.73. The Labute approximate surface area is 122 Å². The third kappa shape index (κ3) is 3.38. The zero-order valence-electron chi connectivity index (χ0n) is 10.3. The number of nitrogens with one attached hydrogen (secondary N) is 1. The molecule has 94 valence electrons. The first-order chi connectivity index (χ1) is 8.83. The van der Waals surface area contributed by atoms with Gasteiger partial charge in [0.25, 0.3) is 0 Å². The van der Waals surface area contributed by atoms with E-state index in [1.807, 2.05) is 37.4 Å². The molecule has 0 unspecified atom stereocenters. The molecule has 1 N–H and O–H groups in total. The van der Waals surface area contributed by atoms with Crippen molar-refractivity contribution < 1.29 is 4.74 Å². The monoisotopic (exact) mass is 353 g/mol. The lowest BCUT2D eigenvalue weighted by molar-refractivity contribution is 0.304. The second-order valence-corrected chi connectivity index (χ2v) is 4.74. The zero-order chi connectivity index (χ0) is 12.8. The molecule has 0 radical (unpaired) electrons. The summed E-state index contributed by atoms with van der Waals surface area (Å²) in [6.07, 6.45) is 0. The number of anilines is 1. The summed E-state index contributed by atoms with van der Waals surface area (Å²) in [5.74, 6) is 0.965. The first kappa shape index (κ1) is 13.2. The van der Waals surface area contributed by atoms with E-state index in [4.69, 9.17) is 4.74 Å². The van der Waals surface area contributed by atoms with Gasteiger partial charge in [0.1, 0.15) is 12.4 Å². The summed E-state index contributed by atoms with van der Waals surface area (Å²) in [4.78, 5) is 0. The van der Waals surface area contributed by atoms with Crippen LogP contribution in [0.2, 0.25) is 0 Å². The van der Waals surface area contributed by atoms with E-state index in [-0.39, 0.29) is 0 Å². The van der Waals surface area contributed by atoms with Gasteiger partial charge in [0, 0.05) is 22.7 Å². The van der Waals surface area contributed by atoms with Crippen molar-refractivity contribution in [1.82, 2.24) is 0 Å². The SMILES string of the molecule is CNc1ccc(OCc2ccccc2)c(CI)c1. The van der Waals surface area contributed by atoms with Gasteiger partial charge in [-0.3, -0.25) is 0 Å². The fourth-order valence-corrected chi connectivity index (χ4v) is 2.31. The summed E-state index contributed by atoms with van der Waals surface area (Å²) >= 11 is 2.36. The zero-order valence-corrected chi connectivity index (χ0v) is 12.5. The highest BCUT2D eigenvalue weighted by molar-refractivity contribution is 14.1. The van der Waals surface area contributed by atoms with Gasteiger partial charge in [0.05, 0.1) is 0 Å². The van der Waals surface area contributed by atoms with E-state index >= 15 is 0 Å². The lowest BCUT2D eigenvalue weighted by Crippen LogP contribution is -1.98. The van der Waals surface area contributed by atoms with Gasteiger partial charge >= 0.3 is 0 Å². The van der Waals surface area contributed by atoms with Crippen LogP contribution < -0.4 is 10.1 Å². The molecule has 0 bridgehead atoms. The van der Waals surface area contributed by atoms with Crippen LogP contribution in [-0.2, 0) is 11.0 Å². The van der Waals surface area contributed by atoms with E-state index < -0.39 is 0 Å². The molecule has 2 aromatic carbocycles. The molecule has 0 saturated carbocycles. The summed E-state index contributed by atoms with van der Waals surface area (Å²) < 4.78 is 6.82. The molecule has 2 rings (SSSR count). The standard InChI is InChI=1S/C15H16INO/c1-17-14-7-8-15(13(9-14)10-16)18-11-12-5-3-2-4-6-12/h2-9,17H,10-11H2,1H3. The number of hydrogen-bond acceptors (Lipinski definition) is 2. The molecule has 0 fully saturated rings. The Bertz CT molecular complexity index is 499. The second kappa shape index (κ2) is 6.64. The molecule has 3 heteroatoms. The minimum absolute atomic E-state index is 0.614. The van der Waals surface area contributed by atoms with Crippen LogP contribution in [0.1, 0.15) is 11.1 Å². The average Bonchev–Trinajstić information content (AvgIpc) is 2.46. The van der Waals surface area contributed by atoms with Crippen molar-refractivity contribution in [3.8, 4) is 5.75 Å². The van der Waals surface area contributed by atoms with Crippen molar-refractivity contribution in [3.63, 3.8) is 0 Å². The van der Waals surface area contributed by atoms with Gasteiger partial charge in [-0.05, 0) is 23.8 Å². The molecule has 0 aliphatic rings. The molecule has 0 amide bonds. The summed E-state index contributed by atoms with van der Waals surface area (Å²) in [6, 6.07) is 16.4. The summed E-state index contributed by atoms with van der Waals surface area (Å²) in [7, 11) is 1.93. The molecular weight excluding hydrogens is 337 g/mol. The molecule has 2 aromatic rings. The molecule has 0 atom stereocenters. The minimum atomic E-state index is 0.614. The lowest BCUT2D eigenvalue weighted by Gasteiger charge is -2.11. The van der Waals surface area contributed by atoms with Gasteiger partial charge in [-0.25, -0.2) is 0 Å². The number of hydrogen-bond donors (Lipinski definition) is 1. The molecule has 0 heterocycles. The highest BCUT2D eigenvalue weighted by Crippen LogP contribution is 2.25. The number of halogens is 1. The smallest absolute Gasteiger partial charge is 0.123 e. The van der Waals surface area contributed by atoms with Crippen molar-refractivity contribution in [1.29, 1.82) is 0 Å². The van der Waals surface area contributed by atoms with Crippen LogP contribution in [0.5, 0.6) is 5.75 Å². The van der Waals surface area contributed by atoms with Crippen LogP contribution in [0.4, 0.5) is 5.69 Å². The first-order valence-electron chi connectivity index (χ1n) is 5.87. The topological polar surface area (TPSA) is 21.3 Å². The summed E-state index contributed by atoms with van der Waals surface area (Å²) in [5, 5.41) is 3.14. The first-order valence-corrected chi connectivity index (χ1v) is 7.39. The number of benzene rings is 2. The third-order valence-corrected chi connectivity index (χ3v) is 3.55. The van der Waals surface area contributed by atoms with E-state index in [9.17, 15) is 0 Å². The predicted octanol–water partition coefficient (Wildman–Crippen LogP) is 4.24. The van der Waals surface area contributed by atoms with Crippen LogP contribution in [-0.4, -0.2) is 7.05 Å². The Balaban J connectivity index is 2.09. The van der Waals surface area contributed by atoms with Gasteiger partial charge in [-0.15, -0.1) is 0 Å². The molecule has 0 saturated heterocycles. The molecule has 0 aromatic heterocycles. The van der Waals surface area contributed by atoms with E-state index in [1.165, 1.54) is 11.1 Å². The van der Waals surface area contributed by atoms with Gasteiger partial charge < -0.3 is 10.1 Å². The lowest BCUT2D eigenvalue weighted by atomic mass is 10.2. The van der Waals surface area contributed by atoms with Crippen LogP contribution in [0.3, 0.4) is 0 Å². The summed E-state index contributed by atoms with van der Waals surface area (Å²) in [5.41, 5.74) is 3.53. The highest BCUT2D eigenvalue weighted by atomic mass is 127. The predicted molar refractivity (Wildman–Crippen MR) is 84.5 cm³/mol. The fourth-order valence-electron chi connectivity index (χ4n) is 1.72. The highest BCUT2D eigenvalue weighted by Gasteiger charge is 2.04. The normalized spacial score (nSPS) is 10.1. The molecule has 0 aliphatic heterocycles. The van der Waals surface area contributed by atoms with Gasteiger partial charge in [-0.2, -0.15) is 0 Å². The average molecular weight is 353 g/mol. The summed E-state index contributed by atoms with van der Waals surface area (Å²) in [6.45, 7) is 0.614. The minimum Gasteiger partial charge on any atom is -0.489 e. The van der Waals surface area contributed by atoms with Crippen LogP contribution >= 0.6 is 22.6 Å². The van der Waals surface area contributed by atoms with Crippen molar-refractivity contribution in [2.45, 2.75) is 11.0 Å². The van der Waals surface area contributed by atoms with E-state index in [1.54, 1.807) is 0 Å². The largest absolute Gasteiger partial charge is 0.489 e. The molecule has 0 aliphatic carbocycles. The Morgan fingerprint density at radius 2 is 1.89 bits per heavy atom. The van der Waals surface area contributed by atoms with Gasteiger partial charge in [0.2, 0.25) is 0 Å². The van der Waals surface area contributed by atoms with E-state index in [2.05, 4.69) is 46.1 Å². The maximum absolute atomic E-state index is 5.88. The Hall–Kier alpha value is -1.23. The Morgan fingerprint density at radius 1 is 1.11 bits per heavy atom. The van der Waals surface area contributed by atoms with E-state index in [0.717, 1.165) is 15.9 Å². The number of rotatable bonds is 5. The fraction of sp³-hybridized carbons (Fsp3) is 0.200. The van der Waals surface area contributed by atoms with E-state index in [0.29, 0.717) is 6.61 Å². The maximum Gasteiger partial charge on any atom is 0.123 e. The Kier molecular flexibility index (Phi) is 4.87. The second-order valence-electron chi connectivity index (χ2n) is 3.98. The van der Waals surface area contributed by atoms with Crippen molar-refractivity contribution in [3.05, 3.63) is 59.7 Å². The van der Waals surface area contributed by atoms with Gasteiger partial charge in [0.15, 0.2) is 0 Å². The molecule has 18 heavy (non-hydrogen) atoms. The van der Waals surface area contributed by atoms with Crippen molar-refractivity contribution in [2.75, 3.05) is 12.4 Å². The molecular formula is C15H16INO. The molecule has 2 nitrogen and oxygen atoms in total. The Morgan fingerprint density at radius 3 is 2.56 bits per heavy atom. The number of ether oxygens (including phenoxy) is 1. The number of alkyl halides is 1.